The van der Waals surface area contributed by atoms with E-state index >= 15 is 0 Å². The van der Waals surface area contributed by atoms with Gasteiger partial charge >= 0.3 is 5.97 Å². The van der Waals surface area contributed by atoms with Crippen LogP contribution in [0, 0.1) is 20.8 Å². The highest BCUT2D eigenvalue weighted by molar-refractivity contribution is 7.99. The molecule has 19 heavy (non-hydrogen) atoms. The maximum absolute atomic E-state index is 11.1. The summed E-state index contributed by atoms with van der Waals surface area (Å²) in [4.78, 5) is 16.1. The molecule has 6 heteroatoms. The molecule has 2 aromatic rings. The molecule has 0 saturated carbocycles. The van der Waals surface area contributed by atoms with Crippen LogP contribution in [0.15, 0.2) is 26.7 Å². The summed E-state index contributed by atoms with van der Waals surface area (Å²) >= 11 is 1.28. The lowest BCUT2D eigenvalue weighted by Crippen LogP contribution is -2.04. The number of carboxylic acid groups (broad SMARTS) is 1. The number of hydrogen-bond donors (Lipinski definition) is 2. The summed E-state index contributed by atoms with van der Waals surface area (Å²) < 4.78 is 5.46. The number of carboxylic acids is 1. The predicted molar refractivity (Wildman–Crippen MR) is 72.7 cm³/mol. The Morgan fingerprint density at radius 2 is 2.05 bits per heavy atom. The number of carbonyl (C=O) groups is 1. The van der Waals surface area contributed by atoms with E-state index in [0.29, 0.717) is 5.22 Å². The number of aryl methyl sites for hydroxylation is 3. The molecule has 1 aromatic heterocycles. The second kappa shape index (κ2) is 4.97. The van der Waals surface area contributed by atoms with Crippen LogP contribution in [0.2, 0.25) is 0 Å². The molecule has 0 atom stereocenters. The fraction of sp³-hybridized carbons (Fsp3) is 0.231. The molecule has 0 fully saturated rings. The Balaban J connectivity index is 2.38. The van der Waals surface area contributed by atoms with E-state index in [1.165, 1.54) is 17.8 Å². The highest BCUT2D eigenvalue weighted by Crippen LogP contribution is 2.32. The van der Waals surface area contributed by atoms with Crippen LogP contribution in [-0.2, 0) is 0 Å². The van der Waals surface area contributed by atoms with E-state index < -0.39 is 5.97 Å². The summed E-state index contributed by atoms with van der Waals surface area (Å²) in [5.41, 5.74) is 7.68. The van der Waals surface area contributed by atoms with Gasteiger partial charge in [-0.1, -0.05) is 0 Å². The Morgan fingerprint density at radius 1 is 1.37 bits per heavy atom. The van der Waals surface area contributed by atoms with Gasteiger partial charge in [0.2, 0.25) is 0 Å². The molecule has 0 spiro atoms. The highest BCUT2D eigenvalue weighted by Gasteiger charge is 2.14. The van der Waals surface area contributed by atoms with E-state index in [2.05, 4.69) is 4.98 Å². The number of anilines is 1. The zero-order valence-electron chi connectivity index (χ0n) is 10.9. The van der Waals surface area contributed by atoms with E-state index in [4.69, 9.17) is 15.3 Å². The highest BCUT2D eigenvalue weighted by atomic mass is 32.2. The number of aromatic nitrogens is 1. The Kier molecular flexibility index (Phi) is 3.53. The number of nitrogens with two attached hydrogens (primary N) is 1. The molecule has 0 aliphatic heterocycles. The topological polar surface area (TPSA) is 89.3 Å². The van der Waals surface area contributed by atoms with Crippen LogP contribution >= 0.6 is 11.8 Å². The Bertz CT molecular complexity index is 630. The monoisotopic (exact) mass is 278 g/mol. The van der Waals surface area contributed by atoms with Crippen LogP contribution < -0.4 is 5.73 Å². The van der Waals surface area contributed by atoms with Gasteiger partial charge in [0.25, 0.3) is 5.22 Å². The van der Waals surface area contributed by atoms with Crippen LogP contribution in [-0.4, -0.2) is 16.1 Å². The van der Waals surface area contributed by atoms with Crippen molar-refractivity contribution < 1.29 is 14.3 Å². The summed E-state index contributed by atoms with van der Waals surface area (Å²) in [5.74, 6) is -0.282. The van der Waals surface area contributed by atoms with E-state index in [1.54, 1.807) is 6.92 Å². The second-order valence-corrected chi connectivity index (χ2v) is 5.25. The molecule has 2 rings (SSSR count). The largest absolute Gasteiger partial charge is 0.478 e. The van der Waals surface area contributed by atoms with Gasteiger partial charge in [0.05, 0.1) is 11.3 Å². The summed E-state index contributed by atoms with van der Waals surface area (Å²) in [7, 11) is 0. The van der Waals surface area contributed by atoms with Crippen molar-refractivity contribution in [3.8, 4) is 0 Å². The number of oxazole rings is 1. The molecule has 0 aliphatic rings. The average molecular weight is 278 g/mol. The molecule has 0 radical (unpaired) electrons. The maximum Gasteiger partial charge on any atom is 0.337 e. The van der Waals surface area contributed by atoms with E-state index in [1.807, 2.05) is 19.9 Å². The molecule has 1 heterocycles. The molecule has 0 bridgehead atoms. The molecule has 0 unspecified atom stereocenters. The normalized spacial score (nSPS) is 10.7. The molecule has 0 amide bonds. The number of nitrogens with zero attached hydrogens (tertiary/aromatic N) is 1. The number of rotatable bonds is 3. The van der Waals surface area contributed by atoms with Gasteiger partial charge in [-0.25, -0.2) is 9.78 Å². The van der Waals surface area contributed by atoms with Gasteiger partial charge in [-0.2, -0.15) is 0 Å². The Morgan fingerprint density at radius 3 is 2.58 bits per heavy atom. The lowest BCUT2D eigenvalue weighted by molar-refractivity contribution is 0.0697. The molecule has 0 saturated heterocycles. The first-order valence-corrected chi connectivity index (χ1v) is 6.45. The van der Waals surface area contributed by atoms with E-state index in [0.717, 1.165) is 21.9 Å². The fourth-order valence-electron chi connectivity index (χ4n) is 1.59. The third-order valence-corrected chi connectivity index (χ3v) is 3.63. The van der Waals surface area contributed by atoms with Crippen molar-refractivity contribution in [3.05, 3.63) is 34.7 Å². The van der Waals surface area contributed by atoms with Gasteiger partial charge < -0.3 is 15.3 Å². The third-order valence-electron chi connectivity index (χ3n) is 2.80. The van der Waals surface area contributed by atoms with Crippen LogP contribution in [0.1, 0.15) is 27.4 Å². The first kappa shape index (κ1) is 13.5. The minimum absolute atomic E-state index is 0.0995. The van der Waals surface area contributed by atoms with Crippen LogP contribution in [0.25, 0.3) is 0 Å². The van der Waals surface area contributed by atoms with Crippen molar-refractivity contribution in [2.75, 3.05) is 5.73 Å². The van der Waals surface area contributed by atoms with Gasteiger partial charge in [-0.05, 0) is 50.2 Å². The molecule has 5 nitrogen and oxygen atoms in total. The van der Waals surface area contributed by atoms with Gasteiger partial charge in [-0.15, -0.1) is 0 Å². The maximum atomic E-state index is 11.1. The average Bonchev–Trinajstić information content (AvgIpc) is 2.62. The number of benzene rings is 1. The number of hydrogen-bond acceptors (Lipinski definition) is 5. The lowest BCUT2D eigenvalue weighted by atomic mass is 10.1. The smallest absolute Gasteiger partial charge is 0.337 e. The van der Waals surface area contributed by atoms with Crippen LogP contribution in [0.3, 0.4) is 0 Å². The van der Waals surface area contributed by atoms with Gasteiger partial charge in [-0.3, -0.25) is 0 Å². The molecule has 3 N–H and O–H groups in total. The van der Waals surface area contributed by atoms with Crippen LogP contribution in [0.4, 0.5) is 5.69 Å². The summed E-state index contributed by atoms with van der Waals surface area (Å²) in [6.45, 7) is 5.47. The lowest BCUT2D eigenvalue weighted by Gasteiger charge is -2.07. The van der Waals surface area contributed by atoms with E-state index in [9.17, 15) is 4.79 Å². The SMILES string of the molecule is Cc1cc(Sc2nc(C)c(C)o2)cc(C(=O)O)c1N. The van der Waals surface area contributed by atoms with Crippen molar-refractivity contribution in [3.63, 3.8) is 0 Å². The Hall–Kier alpha value is -1.95. The zero-order valence-corrected chi connectivity index (χ0v) is 11.7. The molecular weight excluding hydrogens is 264 g/mol. The fourth-order valence-corrected chi connectivity index (χ4v) is 2.55. The summed E-state index contributed by atoms with van der Waals surface area (Å²) in [6.07, 6.45) is 0. The van der Waals surface area contributed by atoms with Crippen LogP contribution in [0.5, 0.6) is 0 Å². The quantitative estimate of drug-likeness (QED) is 0.839. The number of aromatic carboxylic acids is 1. The molecule has 0 aliphatic carbocycles. The molecule has 1 aromatic carbocycles. The first-order valence-electron chi connectivity index (χ1n) is 5.63. The van der Waals surface area contributed by atoms with Crippen molar-refractivity contribution in [1.82, 2.24) is 4.98 Å². The van der Waals surface area contributed by atoms with Gasteiger partial charge in [0.15, 0.2) is 0 Å². The van der Waals surface area contributed by atoms with Crippen molar-refractivity contribution in [2.24, 2.45) is 0 Å². The van der Waals surface area contributed by atoms with Gasteiger partial charge in [0, 0.05) is 10.6 Å². The predicted octanol–water partition coefficient (Wildman–Crippen LogP) is 3.03. The van der Waals surface area contributed by atoms with Crippen molar-refractivity contribution in [1.29, 1.82) is 0 Å². The standard InChI is InChI=1S/C13H14N2O3S/c1-6-4-9(5-10(11(6)14)12(16)17)19-13-15-7(2)8(3)18-13/h4-5H,14H2,1-3H3,(H,16,17). The Labute approximate surface area is 114 Å². The minimum atomic E-state index is -1.04. The molecule has 100 valence electrons. The van der Waals surface area contributed by atoms with Gasteiger partial charge in [0.1, 0.15) is 5.76 Å². The van der Waals surface area contributed by atoms with Crippen molar-refractivity contribution >= 4 is 23.4 Å². The molecular formula is C13H14N2O3S. The first-order chi connectivity index (χ1) is 8.88. The number of nitrogen functional groups attached to an aromatic ring is 1. The third kappa shape index (κ3) is 2.73. The summed E-state index contributed by atoms with van der Waals surface area (Å²) in [5, 5.41) is 9.60. The van der Waals surface area contributed by atoms with E-state index in [-0.39, 0.29) is 11.3 Å². The second-order valence-electron chi connectivity index (χ2n) is 4.23. The summed E-state index contributed by atoms with van der Waals surface area (Å²) in [6, 6.07) is 3.35. The minimum Gasteiger partial charge on any atom is -0.478 e. The van der Waals surface area contributed by atoms with Crippen molar-refractivity contribution in [2.45, 2.75) is 30.9 Å². The zero-order chi connectivity index (χ0) is 14.2.